The van der Waals surface area contributed by atoms with E-state index in [1.54, 1.807) is 0 Å². The fourth-order valence-electron chi connectivity index (χ4n) is 1.18. The first-order valence-electron chi connectivity index (χ1n) is 3.89. The number of nitrogens with zero attached hydrogens (tertiary/aromatic N) is 3. The van der Waals surface area contributed by atoms with Crippen molar-refractivity contribution in [3.63, 3.8) is 0 Å². The first-order chi connectivity index (χ1) is 7.32. The Labute approximate surface area is 93.1 Å². The molecule has 1 N–H and O–H groups in total. The van der Waals surface area contributed by atoms with Crippen LogP contribution in [0.5, 0.6) is 5.88 Å². The monoisotopic (exact) mass is 257 g/mol. The third kappa shape index (κ3) is 2.06. The van der Waals surface area contributed by atoms with E-state index in [9.17, 15) is 13.2 Å². The number of aryl methyl sites for hydroxylation is 1. The molecule has 1 aromatic heterocycles. The number of alkyl halides is 3. The lowest BCUT2D eigenvalue weighted by atomic mass is 10.2. The van der Waals surface area contributed by atoms with Crippen LogP contribution in [0.4, 0.5) is 13.2 Å². The maximum Gasteiger partial charge on any atom is 0.423 e. The zero-order chi connectivity index (χ0) is 12.5. The van der Waals surface area contributed by atoms with Crippen molar-refractivity contribution in [1.82, 2.24) is 9.78 Å². The maximum atomic E-state index is 12.7. The molecule has 0 radical (unpaired) electrons. The van der Waals surface area contributed by atoms with Crippen molar-refractivity contribution >= 4 is 16.8 Å². The van der Waals surface area contributed by atoms with Gasteiger partial charge in [0, 0.05) is 7.05 Å². The minimum Gasteiger partial charge on any atom is -0.479 e. The zero-order valence-electron chi connectivity index (χ0n) is 8.21. The van der Waals surface area contributed by atoms with E-state index in [-0.39, 0.29) is 0 Å². The summed E-state index contributed by atoms with van der Waals surface area (Å²) in [4.78, 5) is 0. The lowest BCUT2D eigenvalue weighted by Crippen LogP contribution is -2.13. The van der Waals surface area contributed by atoms with Crippen LogP contribution in [0.3, 0.4) is 0 Å². The van der Waals surface area contributed by atoms with Gasteiger partial charge in [0.05, 0.1) is 7.11 Å². The minimum atomic E-state index is -4.71. The zero-order valence-corrected chi connectivity index (χ0v) is 8.96. The third-order valence-electron chi connectivity index (χ3n) is 1.78. The van der Waals surface area contributed by atoms with Crippen molar-refractivity contribution in [2.45, 2.75) is 6.18 Å². The smallest absolute Gasteiger partial charge is 0.423 e. The highest BCUT2D eigenvalue weighted by Crippen LogP contribution is 2.38. The van der Waals surface area contributed by atoms with Crippen LogP contribution in [-0.4, -0.2) is 27.3 Å². The van der Waals surface area contributed by atoms with Crippen LogP contribution in [0, 0.1) is 0 Å². The number of hydrogen-bond donors (Lipinski definition) is 1. The van der Waals surface area contributed by atoms with Crippen LogP contribution in [0.25, 0.3) is 0 Å². The second kappa shape index (κ2) is 4.20. The number of oxime groups is 1. The molecule has 0 aliphatic carbocycles. The van der Waals surface area contributed by atoms with E-state index >= 15 is 0 Å². The van der Waals surface area contributed by atoms with Gasteiger partial charge in [0.25, 0.3) is 0 Å². The van der Waals surface area contributed by atoms with Gasteiger partial charge in [-0.2, -0.15) is 13.2 Å². The van der Waals surface area contributed by atoms with Crippen molar-refractivity contribution in [2.75, 3.05) is 7.11 Å². The predicted molar refractivity (Wildman–Crippen MR) is 48.9 cm³/mol. The van der Waals surface area contributed by atoms with Crippen LogP contribution >= 0.6 is 11.6 Å². The molecule has 1 aromatic rings. The summed E-state index contributed by atoms with van der Waals surface area (Å²) in [6.07, 6.45) is -4.71. The molecule has 9 heteroatoms. The Bertz CT molecular complexity index is 427. The van der Waals surface area contributed by atoms with E-state index in [0.717, 1.165) is 11.8 Å². The summed E-state index contributed by atoms with van der Waals surface area (Å²) in [6.45, 7) is 0. The summed E-state index contributed by atoms with van der Waals surface area (Å²) < 4.78 is 43.3. The molecule has 0 fully saturated rings. The Morgan fingerprint density at radius 3 is 2.50 bits per heavy atom. The van der Waals surface area contributed by atoms with Gasteiger partial charge in [-0.05, 0) is 0 Å². The number of methoxy groups -OCH3 is 1. The molecule has 0 saturated carbocycles. The topological polar surface area (TPSA) is 59.6 Å². The number of halogens is 4. The van der Waals surface area contributed by atoms with Gasteiger partial charge in [0.2, 0.25) is 5.88 Å². The second-order valence-corrected chi connectivity index (χ2v) is 3.10. The van der Waals surface area contributed by atoms with E-state index in [0.29, 0.717) is 0 Å². The van der Waals surface area contributed by atoms with Crippen LogP contribution in [-0.2, 0) is 13.2 Å². The average molecular weight is 258 g/mol. The fraction of sp³-hybridized carbons (Fsp3) is 0.429. The van der Waals surface area contributed by atoms with Gasteiger partial charge in [0.1, 0.15) is 11.3 Å². The summed E-state index contributed by atoms with van der Waals surface area (Å²) in [5.74, 6) is -0.633. The molecule has 0 unspecified atom stereocenters. The third-order valence-corrected chi connectivity index (χ3v) is 2.03. The van der Waals surface area contributed by atoms with Crippen LogP contribution in [0.2, 0.25) is 0 Å². The molecule has 1 heterocycles. The Balaban J connectivity index is 3.53. The van der Waals surface area contributed by atoms with Crippen molar-refractivity contribution in [1.29, 1.82) is 0 Å². The van der Waals surface area contributed by atoms with E-state index in [4.69, 9.17) is 16.8 Å². The molecule has 90 valence electrons. The van der Waals surface area contributed by atoms with Crippen LogP contribution in [0.1, 0.15) is 11.3 Å². The van der Waals surface area contributed by atoms with Crippen LogP contribution < -0.4 is 4.74 Å². The van der Waals surface area contributed by atoms with E-state index in [2.05, 4.69) is 15.0 Å². The molecule has 0 spiro atoms. The molecule has 1 rings (SSSR count). The summed E-state index contributed by atoms with van der Waals surface area (Å²) in [5, 5.41) is 13.6. The first-order valence-corrected chi connectivity index (χ1v) is 4.26. The van der Waals surface area contributed by atoms with Gasteiger partial charge in [-0.15, -0.1) is 5.10 Å². The van der Waals surface area contributed by atoms with Gasteiger partial charge in [-0.25, -0.2) is 0 Å². The van der Waals surface area contributed by atoms with E-state index in [1.807, 2.05) is 0 Å². The summed E-state index contributed by atoms with van der Waals surface area (Å²) in [7, 11) is 2.27. The highest BCUT2D eigenvalue weighted by atomic mass is 35.5. The van der Waals surface area contributed by atoms with Crippen molar-refractivity contribution < 1.29 is 23.1 Å². The number of ether oxygens (including phenoxy) is 1. The van der Waals surface area contributed by atoms with Gasteiger partial charge in [-0.3, -0.25) is 4.68 Å². The molecule has 0 aliphatic heterocycles. The largest absolute Gasteiger partial charge is 0.479 e. The quantitative estimate of drug-likeness (QED) is 0.499. The van der Waals surface area contributed by atoms with E-state index in [1.165, 1.54) is 7.05 Å². The van der Waals surface area contributed by atoms with Crippen molar-refractivity contribution in [3.8, 4) is 5.88 Å². The van der Waals surface area contributed by atoms with Gasteiger partial charge >= 0.3 is 6.18 Å². The Kier molecular flexibility index (Phi) is 3.32. The molecule has 0 aromatic carbocycles. The molecule has 16 heavy (non-hydrogen) atoms. The summed E-state index contributed by atoms with van der Waals surface area (Å²) >= 11 is 5.36. The molecule has 0 atom stereocenters. The lowest BCUT2D eigenvalue weighted by Gasteiger charge is -2.07. The lowest BCUT2D eigenvalue weighted by molar-refractivity contribution is -0.138. The molecule has 0 aliphatic rings. The molecule has 0 bridgehead atoms. The Morgan fingerprint density at radius 2 is 2.12 bits per heavy atom. The van der Waals surface area contributed by atoms with Gasteiger partial charge in [0.15, 0.2) is 5.17 Å². The number of aromatic nitrogens is 2. The Morgan fingerprint density at radius 1 is 1.56 bits per heavy atom. The molecule has 5 nitrogen and oxygen atoms in total. The van der Waals surface area contributed by atoms with Gasteiger partial charge < -0.3 is 9.94 Å². The van der Waals surface area contributed by atoms with Gasteiger partial charge in [-0.1, -0.05) is 16.8 Å². The minimum absolute atomic E-state index is 0.562. The molecule has 0 saturated heterocycles. The Hall–Kier alpha value is -1.44. The first kappa shape index (κ1) is 12.6. The molecular weight excluding hydrogens is 251 g/mol. The molecular formula is C7H7ClF3N3O2. The fourth-order valence-corrected chi connectivity index (χ4v) is 1.40. The van der Waals surface area contributed by atoms with Crippen molar-refractivity contribution in [2.24, 2.45) is 12.2 Å². The highest BCUT2D eigenvalue weighted by molar-refractivity contribution is 6.69. The highest BCUT2D eigenvalue weighted by Gasteiger charge is 2.42. The summed E-state index contributed by atoms with van der Waals surface area (Å²) in [6, 6.07) is 0. The van der Waals surface area contributed by atoms with E-state index < -0.39 is 28.5 Å². The number of hydrogen-bond acceptors (Lipinski definition) is 4. The molecule has 0 amide bonds. The summed E-state index contributed by atoms with van der Waals surface area (Å²) in [5.41, 5.74) is -1.74. The second-order valence-electron chi connectivity index (χ2n) is 2.75. The number of rotatable bonds is 2. The van der Waals surface area contributed by atoms with Crippen LogP contribution in [0.15, 0.2) is 5.16 Å². The predicted octanol–water partition coefficient (Wildman–Crippen LogP) is 1.82. The van der Waals surface area contributed by atoms with Crippen molar-refractivity contribution in [3.05, 3.63) is 11.3 Å². The maximum absolute atomic E-state index is 12.7. The normalized spacial score (nSPS) is 13.0. The average Bonchev–Trinajstić information content (AvgIpc) is 2.53. The standard InChI is InChI=1S/C7H7ClF3N3O2/c1-14-4(5(8)13-15)3(7(9,10)11)6(12-14)16-2/h15H,1-2H3/b13-5-. The SMILES string of the molecule is COc1nn(C)c(/C(Cl)=N/O)c1C(F)(F)F.